The van der Waals surface area contributed by atoms with Gasteiger partial charge >= 0.3 is 0 Å². The van der Waals surface area contributed by atoms with E-state index in [1.54, 1.807) is 13.8 Å². The van der Waals surface area contributed by atoms with E-state index >= 15 is 0 Å². The van der Waals surface area contributed by atoms with Gasteiger partial charge in [-0.1, -0.05) is 16.9 Å². The molecule has 0 saturated heterocycles. The van der Waals surface area contributed by atoms with Crippen molar-refractivity contribution in [3.63, 3.8) is 0 Å². The summed E-state index contributed by atoms with van der Waals surface area (Å²) in [7, 11) is -3.82. The number of nitrogens with zero attached hydrogens (tertiary/aromatic N) is 2. The number of ketones is 1. The molecule has 8 heteroatoms. The summed E-state index contributed by atoms with van der Waals surface area (Å²) in [5, 5.41) is 12.2. The van der Waals surface area contributed by atoms with Gasteiger partial charge in [-0.15, -0.1) is 10.2 Å². The van der Waals surface area contributed by atoms with Crippen LogP contribution in [0.3, 0.4) is 0 Å². The van der Waals surface area contributed by atoms with Crippen molar-refractivity contribution in [1.29, 1.82) is 0 Å². The quantitative estimate of drug-likeness (QED) is 0.783. The van der Waals surface area contributed by atoms with Crippen molar-refractivity contribution in [2.75, 3.05) is 0 Å². The van der Waals surface area contributed by atoms with Crippen molar-refractivity contribution in [2.24, 2.45) is 5.14 Å². The van der Waals surface area contributed by atoms with Crippen molar-refractivity contribution in [3.05, 3.63) is 16.7 Å². The van der Waals surface area contributed by atoms with E-state index in [9.17, 15) is 13.2 Å². The van der Waals surface area contributed by atoms with Gasteiger partial charge in [0.2, 0.25) is 4.34 Å². The largest absolute Gasteiger partial charge is 0.294 e. The number of hydrogen-bond acceptors (Lipinski definition) is 6. The number of hydrogen-bond donors (Lipinski definition) is 1. The summed E-state index contributed by atoms with van der Waals surface area (Å²) >= 11 is 0.810. The van der Waals surface area contributed by atoms with E-state index in [1.807, 2.05) is 0 Å². The SMILES string of the molecule is CC(C)=CC(=O)Cc1nnc(S(N)(=O)=O)s1. The zero-order chi connectivity index (χ0) is 12.3. The zero-order valence-electron chi connectivity index (χ0n) is 8.80. The first-order valence-electron chi connectivity index (χ1n) is 4.32. The van der Waals surface area contributed by atoms with Gasteiger partial charge < -0.3 is 0 Å². The summed E-state index contributed by atoms with van der Waals surface area (Å²) in [4.78, 5) is 11.4. The first-order chi connectivity index (χ1) is 7.29. The average molecular weight is 261 g/mol. The first kappa shape index (κ1) is 12.9. The molecule has 1 aromatic rings. The predicted molar refractivity (Wildman–Crippen MR) is 59.4 cm³/mol. The molecular formula is C8H11N3O3S2. The number of carbonyl (C=O) groups is 1. The smallest absolute Gasteiger partial charge is 0.267 e. The minimum Gasteiger partial charge on any atom is -0.294 e. The van der Waals surface area contributed by atoms with E-state index in [4.69, 9.17) is 5.14 Å². The number of allylic oxidation sites excluding steroid dienone is 2. The molecule has 88 valence electrons. The normalized spacial score (nSPS) is 11.2. The van der Waals surface area contributed by atoms with Crippen LogP contribution in [0, 0.1) is 0 Å². The van der Waals surface area contributed by atoms with Gasteiger partial charge in [0.15, 0.2) is 5.78 Å². The van der Waals surface area contributed by atoms with E-state index in [0.29, 0.717) is 5.01 Å². The highest BCUT2D eigenvalue weighted by atomic mass is 32.2. The molecule has 2 N–H and O–H groups in total. The lowest BCUT2D eigenvalue weighted by Crippen LogP contribution is -2.11. The highest BCUT2D eigenvalue weighted by Gasteiger charge is 2.15. The van der Waals surface area contributed by atoms with E-state index < -0.39 is 10.0 Å². The van der Waals surface area contributed by atoms with Crippen LogP contribution in [0.15, 0.2) is 16.0 Å². The molecular weight excluding hydrogens is 250 g/mol. The molecule has 0 amide bonds. The van der Waals surface area contributed by atoms with Crippen LogP contribution >= 0.6 is 11.3 Å². The van der Waals surface area contributed by atoms with Gasteiger partial charge in [-0.05, 0) is 19.9 Å². The fourth-order valence-corrected chi connectivity index (χ4v) is 2.43. The van der Waals surface area contributed by atoms with Crippen LogP contribution in [-0.2, 0) is 21.2 Å². The molecule has 0 unspecified atom stereocenters. The minimum atomic E-state index is -3.82. The number of carbonyl (C=O) groups excluding carboxylic acids is 1. The lowest BCUT2D eigenvalue weighted by Gasteiger charge is -1.90. The third-order valence-corrected chi connectivity index (χ3v) is 3.70. The summed E-state index contributed by atoms with van der Waals surface area (Å²) in [5.74, 6) is -0.142. The highest BCUT2D eigenvalue weighted by molar-refractivity contribution is 7.91. The maximum absolute atomic E-state index is 11.4. The number of primary sulfonamides is 1. The van der Waals surface area contributed by atoms with Crippen molar-refractivity contribution < 1.29 is 13.2 Å². The molecule has 0 aromatic carbocycles. The monoisotopic (exact) mass is 261 g/mol. The Kier molecular flexibility index (Phi) is 3.89. The molecule has 1 heterocycles. The van der Waals surface area contributed by atoms with E-state index in [0.717, 1.165) is 16.9 Å². The summed E-state index contributed by atoms with van der Waals surface area (Å²) in [5.41, 5.74) is 0.876. The number of nitrogens with two attached hydrogens (primary N) is 1. The fourth-order valence-electron chi connectivity index (χ4n) is 0.947. The fraction of sp³-hybridized carbons (Fsp3) is 0.375. The summed E-state index contributed by atoms with van der Waals surface area (Å²) in [6, 6.07) is 0. The Balaban J connectivity index is 2.82. The van der Waals surface area contributed by atoms with Crippen LogP contribution in [0.25, 0.3) is 0 Å². The molecule has 0 radical (unpaired) electrons. The Morgan fingerprint density at radius 2 is 2.06 bits per heavy atom. The van der Waals surface area contributed by atoms with Crippen LogP contribution in [0.2, 0.25) is 0 Å². The summed E-state index contributed by atoms with van der Waals surface area (Å²) < 4.78 is 21.5. The van der Waals surface area contributed by atoms with Crippen molar-refractivity contribution in [1.82, 2.24) is 10.2 Å². The number of rotatable bonds is 4. The second kappa shape index (κ2) is 4.81. The van der Waals surface area contributed by atoms with Gasteiger partial charge in [0.25, 0.3) is 10.0 Å². The molecule has 0 fully saturated rings. The third kappa shape index (κ3) is 3.80. The van der Waals surface area contributed by atoms with Crippen LogP contribution < -0.4 is 5.14 Å². The molecule has 1 aromatic heterocycles. The Morgan fingerprint density at radius 3 is 2.50 bits per heavy atom. The van der Waals surface area contributed by atoms with Gasteiger partial charge in [-0.3, -0.25) is 4.79 Å². The van der Waals surface area contributed by atoms with Crippen molar-refractivity contribution in [2.45, 2.75) is 24.6 Å². The van der Waals surface area contributed by atoms with Gasteiger partial charge in [0, 0.05) is 0 Å². The Bertz CT molecular complexity index is 526. The Morgan fingerprint density at radius 1 is 1.44 bits per heavy atom. The highest BCUT2D eigenvalue weighted by Crippen LogP contribution is 2.14. The molecule has 0 aliphatic heterocycles. The molecule has 0 saturated carbocycles. The second-order valence-electron chi connectivity index (χ2n) is 3.37. The Hall–Kier alpha value is -1.12. The maximum Gasteiger partial charge on any atom is 0.267 e. The van der Waals surface area contributed by atoms with E-state index in [1.165, 1.54) is 6.08 Å². The maximum atomic E-state index is 11.4. The molecule has 0 aliphatic rings. The summed E-state index contributed by atoms with van der Waals surface area (Å²) in [6.45, 7) is 3.60. The van der Waals surface area contributed by atoms with Crippen molar-refractivity contribution in [3.8, 4) is 0 Å². The van der Waals surface area contributed by atoms with Gasteiger partial charge in [-0.2, -0.15) is 0 Å². The molecule has 6 nitrogen and oxygen atoms in total. The third-order valence-electron chi connectivity index (χ3n) is 1.47. The molecule has 16 heavy (non-hydrogen) atoms. The lowest BCUT2D eigenvalue weighted by molar-refractivity contribution is -0.114. The van der Waals surface area contributed by atoms with E-state index in [2.05, 4.69) is 10.2 Å². The van der Waals surface area contributed by atoms with Gasteiger partial charge in [-0.25, -0.2) is 13.6 Å². The number of aromatic nitrogens is 2. The minimum absolute atomic E-state index is 0.0400. The van der Waals surface area contributed by atoms with Gasteiger partial charge in [0.05, 0.1) is 6.42 Å². The van der Waals surface area contributed by atoms with E-state index in [-0.39, 0.29) is 16.5 Å². The second-order valence-corrected chi connectivity index (χ2v) is 6.17. The van der Waals surface area contributed by atoms with Crippen LogP contribution in [-0.4, -0.2) is 24.4 Å². The molecule has 0 aliphatic carbocycles. The molecule has 0 spiro atoms. The Labute approximate surface area is 97.2 Å². The standard InChI is InChI=1S/C8H11N3O3S2/c1-5(2)3-6(12)4-7-10-11-8(15-7)16(9,13)14/h3H,4H2,1-2H3,(H2,9,13,14). The zero-order valence-corrected chi connectivity index (χ0v) is 10.4. The topological polar surface area (TPSA) is 103 Å². The van der Waals surface area contributed by atoms with Gasteiger partial charge in [0.1, 0.15) is 5.01 Å². The average Bonchev–Trinajstić information content (AvgIpc) is 2.49. The molecule has 0 atom stereocenters. The first-order valence-corrected chi connectivity index (χ1v) is 6.68. The molecule has 0 bridgehead atoms. The van der Waals surface area contributed by atoms with Crippen molar-refractivity contribution >= 4 is 27.1 Å². The predicted octanol–water partition coefficient (Wildman–Crippen LogP) is 0.263. The molecule has 1 rings (SSSR count). The summed E-state index contributed by atoms with van der Waals surface area (Å²) in [6.07, 6.45) is 1.51. The lowest BCUT2D eigenvalue weighted by atomic mass is 10.2. The van der Waals surface area contributed by atoms with Crippen LogP contribution in [0.4, 0.5) is 0 Å². The van der Waals surface area contributed by atoms with Crippen LogP contribution in [0.5, 0.6) is 0 Å². The van der Waals surface area contributed by atoms with Crippen LogP contribution in [0.1, 0.15) is 18.9 Å². The number of sulfonamides is 1.